The van der Waals surface area contributed by atoms with Crippen LogP contribution in [0.4, 0.5) is 0 Å². The first-order valence-corrected chi connectivity index (χ1v) is 5.47. The summed E-state index contributed by atoms with van der Waals surface area (Å²) in [6, 6.07) is 0. The molecule has 3 aliphatic rings. The summed E-state index contributed by atoms with van der Waals surface area (Å²) >= 11 is 0. The van der Waals surface area contributed by atoms with Crippen molar-refractivity contribution in [3.05, 3.63) is 0 Å². The van der Waals surface area contributed by atoms with Crippen molar-refractivity contribution in [2.24, 2.45) is 17.3 Å². The van der Waals surface area contributed by atoms with E-state index in [-0.39, 0.29) is 11.5 Å². The number of carbonyl (C=O) groups is 1. The van der Waals surface area contributed by atoms with Gasteiger partial charge in [0.1, 0.15) is 5.78 Å². The summed E-state index contributed by atoms with van der Waals surface area (Å²) in [7, 11) is 0. The Morgan fingerprint density at radius 2 is 2.00 bits per heavy atom. The van der Waals surface area contributed by atoms with Gasteiger partial charge in [-0.3, -0.25) is 4.79 Å². The number of hydrogen-bond acceptors (Lipinski definition) is 2. The third-order valence-electron chi connectivity index (χ3n) is 4.70. The monoisotopic (exact) mass is 180 g/mol. The smallest absolute Gasteiger partial charge is 0.142 e. The summed E-state index contributed by atoms with van der Waals surface area (Å²) in [4.78, 5) is 11.8. The van der Waals surface area contributed by atoms with Crippen molar-refractivity contribution in [2.75, 3.05) is 0 Å². The average Bonchev–Trinajstić information content (AvgIpc) is 2.28. The van der Waals surface area contributed by atoms with E-state index in [1.807, 2.05) is 0 Å². The van der Waals surface area contributed by atoms with E-state index in [0.717, 1.165) is 25.7 Å². The van der Waals surface area contributed by atoms with Crippen LogP contribution >= 0.6 is 0 Å². The zero-order valence-corrected chi connectivity index (χ0v) is 7.83. The molecule has 0 saturated heterocycles. The molecule has 3 aliphatic carbocycles. The molecule has 0 unspecified atom stereocenters. The Morgan fingerprint density at radius 3 is 2.69 bits per heavy atom. The molecule has 3 saturated carbocycles. The van der Waals surface area contributed by atoms with Crippen molar-refractivity contribution >= 4 is 5.78 Å². The summed E-state index contributed by atoms with van der Waals surface area (Å²) in [6.45, 7) is 0. The third-order valence-corrected chi connectivity index (χ3v) is 4.70. The number of hydrogen-bond donors (Lipinski definition) is 1. The van der Waals surface area contributed by atoms with Crippen LogP contribution in [0, 0.1) is 17.3 Å². The van der Waals surface area contributed by atoms with Crippen LogP contribution in [-0.4, -0.2) is 17.0 Å². The maximum atomic E-state index is 11.8. The molecule has 0 aliphatic heterocycles. The van der Waals surface area contributed by atoms with Gasteiger partial charge in [0.15, 0.2) is 0 Å². The van der Waals surface area contributed by atoms with Crippen molar-refractivity contribution in [1.29, 1.82) is 0 Å². The molecule has 3 fully saturated rings. The van der Waals surface area contributed by atoms with E-state index in [0.29, 0.717) is 17.6 Å². The first-order chi connectivity index (χ1) is 6.26. The molecule has 1 N–H and O–H groups in total. The molecular formula is C11H16O2. The van der Waals surface area contributed by atoms with Gasteiger partial charge in [-0.25, -0.2) is 0 Å². The maximum Gasteiger partial charge on any atom is 0.142 e. The van der Waals surface area contributed by atoms with E-state index in [4.69, 9.17) is 0 Å². The van der Waals surface area contributed by atoms with Crippen LogP contribution in [0.15, 0.2) is 0 Å². The highest BCUT2D eigenvalue weighted by Gasteiger charge is 2.66. The first-order valence-electron chi connectivity index (χ1n) is 5.47. The number of Topliss-reactive ketones (excluding diaryl/α,β-unsaturated/α-hetero) is 1. The van der Waals surface area contributed by atoms with E-state index in [1.54, 1.807) is 0 Å². The molecule has 13 heavy (non-hydrogen) atoms. The molecule has 4 atom stereocenters. The number of aliphatic hydroxyl groups excluding tert-OH is 1. The molecular weight excluding hydrogens is 164 g/mol. The predicted octanol–water partition coefficient (Wildman–Crippen LogP) is 1.52. The van der Waals surface area contributed by atoms with Gasteiger partial charge in [0.25, 0.3) is 0 Å². The summed E-state index contributed by atoms with van der Waals surface area (Å²) in [6.07, 6.45) is 5.85. The second kappa shape index (κ2) is 2.35. The molecule has 0 aromatic heterocycles. The second-order valence-corrected chi connectivity index (χ2v) is 4.97. The van der Waals surface area contributed by atoms with Gasteiger partial charge in [-0.15, -0.1) is 0 Å². The Bertz CT molecular complexity index is 253. The SMILES string of the molecule is O=C1CC[C@H]2C[C@@H]3CCC[C@@H](O)[C@@]132. The quantitative estimate of drug-likeness (QED) is 0.613. The second-order valence-electron chi connectivity index (χ2n) is 4.97. The highest BCUT2D eigenvalue weighted by atomic mass is 16.3. The van der Waals surface area contributed by atoms with Crippen LogP contribution in [0.25, 0.3) is 0 Å². The van der Waals surface area contributed by atoms with Gasteiger partial charge in [0.05, 0.1) is 11.5 Å². The number of ketones is 1. The van der Waals surface area contributed by atoms with Crippen molar-refractivity contribution in [2.45, 2.75) is 44.6 Å². The zero-order chi connectivity index (χ0) is 9.05. The summed E-state index contributed by atoms with van der Waals surface area (Å²) in [5.41, 5.74) is -0.238. The largest absolute Gasteiger partial charge is 0.392 e. The minimum atomic E-state index is -0.306. The lowest BCUT2D eigenvalue weighted by atomic mass is 9.47. The van der Waals surface area contributed by atoms with Crippen LogP contribution in [0.2, 0.25) is 0 Å². The Kier molecular flexibility index (Phi) is 1.44. The molecule has 1 spiro atoms. The predicted molar refractivity (Wildman–Crippen MR) is 48.1 cm³/mol. The van der Waals surface area contributed by atoms with E-state index >= 15 is 0 Å². The maximum absolute atomic E-state index is 11.8. The minimum Gasteiger partial charge on any atom is -0.392 e. The summed E-state index contributed by atoms with van der Waals surface area (Å²) in [5, 5.41) is 10.0. The molecule has 0 aromatic rings. The Morgan fingerprint density at radius 1 is 1.23 bits per heavy atom. The van der Waals surface area contributed by atoms with E-state index in [2.05, 4.69) is 0 Å². The van der Waals surface area contributed by atoms with Crippen molar-refractivity contribution < 1.29 is 9.90 Å². The van der Waals surface area contributed by atoms with Gasteiger partial charge in [-0.05, 0) is 37.5 Å². The average molecular weight is 180 g/mol. The number of rotatable bonds is 0. The molecule has 3 rings (SSSR count). The highest BCUT2D eigenvalue weighted by Crippen LogP contribution is 2.65. The van der Waals surface area contributed by atoms with Gasteiger partial charge in [-0.1, -0.05) is 6.42 Å². The topological polar surface area (TPSA) is 37.3 Å². The Labute approximate surface area is 78.3 Å². The fourth-order valence-corrected chi connectivity index (χ4v) is 4.12. The standard InChI is InChI=1S/C11H16O2/c12-9-3-1-2-7-6-8-4-5-10(13)11(7,8)9/h7-9,12H,1-6H2/t7-,8-,9+,11+/m0/s1. The minimum absolute atomic E-state index is 0.238. The van der Waals surface area contributed by atoms with E-state index < -0.39 is 0 Å². The third kappa shape index (κ3) is 0.723. The lowest BCUT2D eigenvalue weighted by Crippen LogP contribution is -2.59. The molecule has 0 radical (unpaired) electrons. The molecule has 72 valence electrons. The fraction of sp³-hybridized carbons (Fsp3) is 0.909. The molecule has 0 bridgehead atoms. The Hall–Kier alpha value is -0.370. The van der Waals surface area contributed by atoms with Gasteiger partial charge in [-0.2, -0.15) is 0 Å². The van der Waals surface area contributed by atoms with Crippen LogP contribution in [-0.2, 0) is 4.79 Å². The van der Waals surface area contributed by atoms with Crippen molar-refractivity contribution in [1.82, 2.24) is 0 Å². The van der Waals surface area contributed by atoms with Gasteiger partial charge in [0.2, 0.25) is 0 Å². The summed E-state index contributed by atoms with van der Waals surface area (Å²) in [5.74, 6) is 1.46. The van der Waals surface area contributed by atoms with Gasteiger partial charge >= 0.3 is 0 Å². The first kappa shape index (κ1) is 7.98. The molecule has 2 heteroatoms. The van der Waals surface area contributed by atoms with Crippen LogP contribution in [0.3, 0.4) is 0 Å². The Balaban J connectivity index is 2.00. The van der Waals surface area contributed by atoms with Gasteiger partial charge < -0.3 is 5.11 Å². The van der Waals surface area contributed by atoms with Crippen molar-refractivity contribution in [3.8, 4) is 0 Å². The van der Waals surface area contributed by atoms with Gasteiger partial charge in [0, 0.05) is 6.42 Å². The molecule has 2 nitrogen and oxygen atoms in total. The van der Waals surface area contributed by atoms with E-state index in [9.17, 15) is 9.90 Å². The van der Waals surface area contributed by atoms with Crippen LogP contribution in [0.1, 0.15) is 38.5 Å². The lowest BCUT2D eigenvalue weighted by molar-refractivity contribution is -0.171. The van der Waals surface area contributed by atoms with Crippen LogP contribution in [0.5, 0.6) is 0 Å². The van der Waals surface area contributed by atoms with E-state index in [1.165, 1.54) is 12.8 Å². The van der Waals surface area contributed by atoms with Crippen molar-refractivity contribution in [3.63, 3.8) is 0 Å². The zero-order valence-electron chi connectivity index (χ0n) is 7.83. The van der Waals surface area contributed by atoms with Crippen LogP contribution < -0.4 is 0 Å². The number of aliphatic hydroxyl groups is 1. The molecule has 0 heterocycles. The highest BCUT2D eigenvalue weighted by molar-refractivity contribution is 5.89. The normalized spacial score (nSPS) is 53.9. The molecule has 0 amide bonds. The fourth-order valence-electron chi connectivity index (χ4n) is 4.12. The number of carbonyl (C=O) groups excluding carboxylic acids is 1. The summed E-state index contributed by atoms with van der Waals surface area (Å²) < 4.78 is 0. The molecule has 0 aromatic carbocycles. The lowest BCUT2D eigenvalue weighted by Gasteiger charge is -2.56.